The summed E-state index contributed by atoms with van der Waals surface area (Å²) in [5.74, 6) is -0.327. The third kappa shape index (κ3) is 3.25. The first kappa shape index (κ1) is 19.5. The Morgan fingerprint density at radius 3 is 2.57 bits per heavy atom. The first-order valence-electron chi connectivity index (χ1n) is 8.98. The molecule has 1 aliphatic rings. The van der Waals surface area contributed by atoms with Crippen LogP contribution in [0.5, 0.6) is 5.88 Å². The van der Waals surface area contributed by atoms with Crippen molar-refractivity contribution >= 4 is 41.0 Å². The maximum atomic E-state index is 12.6. The van der Waals surface area contributed by atoms with Crippen LogP contribution < -0.4 is 5.56 Å². The van der Waals surface area contributed by atoms with Gasteiger partial charge in [0.25, 0.3) is 11.2 Å². The fourth-order valence-electron chi connectivity index (χ4n) is 3.32. The average molecular weight is 420 g/mol. The largest absolute Gasteiger partial charge is 0.494 e. The van der Waals surface area contributed by atoms with Crippen molar-refractivity contribution in [2.24, 2.45) is 4.99 Å². The number of H-pyrrole nitrogens is 1. The molecular formula is C21H16N4O4S. The van der Waals surface area contributed by atoms with Gasteiger partial charge in [-0.3, -0.25) is 29.5 Å². The van der Waals surface area contributed by atoms with Crippen molar-refractivity contribution in [2.45, 2.75) is 13.8 Å². The van der Waals surface area contributed by atoms with Gasteiger partial charge in [0.2, 0.25) is 5.88 Å². The van der Waals surface area contributed by atoms with Crippen LogP contribution in [0.2, 0.25) is 0 Å². The second-order valence-corrected chi connectivity index (χ2v) is 7.27. The Morgan fingerprint density at radius 1 is 1.20 bits per heavy atom. The van der Waals surface area contributed by atoms with Gasteiger partial charge in [-0.25, -0.2) is 0 Å². The number of aromatic hydroxyl groups is 1. The summed E-state index contributed by atoms with van der Waals surface area (Å²) in [5.41, 5.74) is 3.12. The maximum absolute atomic E-state index is 12.6. The summed E-state index contributed by atoms with van der Waals surface area (Å²) in [7, 11) is 0. The number of non-ortho nitro benzene ring substituents is 1. The van der Waals surface area contributed by atoms with Gasteiger partial charge in [0, 0.05) is 29.0 Å². The molecule has 3 aromatic rings. The number of fused-ring (bicyclic) bond motifs is 1. The van der Waals surface area contributed by atoms with Crippen LogP contribution in [-0.2, 0) is 0 Å². The molecule has 2 N–H and O–H groups in total. The number of nitrogens with zero attached hydrogens (tertiary/aromatic N) is 3. The second kappa shape index (κ2) is 7.20. The Kier molecular flexibility index (Phi) is 4.67. The fraction of sp³-hybridized carbons (Fsp3) is 0.0952. The number of nitro groups is 1. The lowest BCUT2D eigenvalue weighted by Gasteiger charge is -2.12. The van der Waals surface area contributed by atoms with E-state index in [2.05, 4.69) is 9.98 Å². The lowest BCUT2D eigenvalue weighted by Crippen LogP contribution is -2.16. The number of aliphatic imine (C=N–C) groups is 1. The quantitative estimate of drug-likeness (QED) is 0.369. The monoisotopic (exact) mass is 420 g/mol. The molecule has 4 rings (SSSR count). The summed E-state index contributed by atoms with van der Waals surface area (Å²) < 4.78 is 1.41. The van der Waals surface area contributed by atoms with E-state index in [0.29, 0.717) is 28.2 Å². The van der Waals surface area contributed by atoms with Gasteiger partial charge in [0.05, 0.1) is 16.3 Å². The summed E-state index contributed by atoms with van der Waals surface area (Å²) in [6.07, 6.45) is 1.47. The predicted octanol–water partition coefficient (Wildman–Crippen LogP) is 4.46. The summed E-state index contributed by atoms with van der Waals surface area (Å²) in [6.45, 7) is 3.67. The van der Waals surface area contributed by atoms with Crippen LogP contribution in [0, 0.1) is 21.8 Å². The number of nitro benzene ring substituents is 1. The van der Waals surface area contributed by atoms with E-state index in [1.807, 2.05) is 19.1 Å². The van der Waals surface area contributed by atoms with E-state index in [4.69, 9.17) is 12.2 Å². The number of aromatic nitrogens is 2. The molecule has 0 spiro atoms. The van der Waals surface area contributed by atoms with Crippen molar-refractivity contribution in [2.75, 3.05) is 0 Å². The van der Waals surface area contributed by atoms with Gasteiger partial charge in [-0.1, -0.05) is 17.7 Å². The van der Waals surface area contributed by atoms with E-state index in [-0.39, 0.29) is 21.9 Å². The van der Waals surface area contributed by atoms with E-state index in [1.54, 1.807) is 25.1 Å². The number of rotatable bonds is 3. The smallest absolute Gasteiger partial charge is 0.270 e. The Bertz CT molecular complexity index is 1380. The van der Waals surface area contributed by atoms with Crippen molar-refractivity contribution < 1.29 is 10.0 Å². The summed E-state index contributed by atoms with van der Waals surface area (Å²) in [4.78, 5) is 30.2. The SMILES string of the molecule is CC1=Nc2ccc([N+](=O)[O-])cc2/C1=C\c1c(O)n(-c2ccc(C)cc2)c(=S)[nH]c1=O. The molecular weight excluding hydrogens is 404 g/mol. The average Bonchev–Trinajstić information content (AvgIpc) is 3.00. The highest BCUT2D eigenvalue weighted by atomic mass is 32.1. The van der Waals surface area contributed by atoms with Gasteiger partial charge in [-0.05, 0) is 50.3 Å². The van der Waals surface area contributed by atoms with Gasteiger partial charge < -0.3 is 5.11 Å². The molecule has 0 unspecified atom stereocenters. The van der Waals surface area contributed by atoms with Crippen LogP contribution in [0.15, 0.2) is 52.3 Å². The zero-order valence-corrected chi connectivity index (χ0v) is 16.9. The highest BCUT2D eigenvalue weighted by Gasteiger charge is 2.23. The van der Waals surface area contributed by atoms with Crippen LogP contribution in [0.25, 0.3) is 17.3 Å². The molecule has 0 saturated heterocycles. The van der Waals surface area contributed by atoms with Crippen LogP contribution in [0.3, 0.4) is 0 Å². The third-order valence-corrected chi connectivity index (χ3v) is 5.15. The van der Waals surface area contributed by atoms with Gasteiger partial charge in [0.15, 0.2) is 4.77 Å². The Hall–Kier alpha value is -3.85. The Labute approximate surface area is 175 Å². The molecule has 8 nitrogen and oxygen atoms in total. The van der Waals surface area contributed by atoms with Crippen LogP contribution in [0.1, 0.15) is 23.6 Å². The topological polar surface area (TPSA) is 114 Å². The molecule has 0 radical (unpaired) electrons. The first-order valence-corrected chi connectivity index (χ1v) is 9.38. The van der Waals surface area contributed by atoms with Crippen molar-refractivity contribution in [1.29, 1.82) is 0 Å². The van der Waals surface area contributed by atoms with E-state index < -0.39 is 10.5 Å². The maximum Gasteiger partial charge on any atom is 0.270 e. The summed E-state index contributed by atoms with van der Waals surface area (Å²) >= 11 is 5.24. The number of aromatic amines is 1. The molecule has 2 aromatic carbocycles. The Balaban J connectivity index is 1.93. The summed E-state index contributed by atoms with van der Waals surface area (Å²) in [6, 6.07) is 11.6. The normalized spacial score (nSPS) is 13.9. The van der Waals surface area contributed by atoms with Crippen molar-refractivity contribution in [3.8, 4) is 11.6 Å². The zero-order chi connectivity index (χ0) is 21.6. The molecule has 2 heterocycles. The standard InChI is InChI=1S/C21H16N4O4S/c1-11-3-5-13(6-4-11)24-20(27)17(19(26)23-21(24)30)10-15-12(2)22-18-8-7-14(25(28)29)9-16(15)18/h3-10,27H,1-2H3,(H,23,26,30)/b15-10-. The third-order valence-electron chi connectivity index (χ3n) is 4.86. The molecule has 0 saturated carbocycles. The lowest BCUT2D eigenvalue weighted by atomic mass is 10.0. The van der Waals surface area contributed by atoms with Gasteiger partial charge >= 0.3 is 0 Å². The van der Waals surface area contributed by atoms with E-state index >= 15 is 0 Å². The molecule has 1 aromatic heterocycles. The number of nitrogens with one attached hydrogen (secondary N) is 1. The minimum Gasteiger partial charge on any atom is -0.494 e. The van der Waals surface area contributed by atoms with Crippen LogP contribution >= 0.6 is 12.2 Å². The van der Waals surface area contributed by atoms with Gasteiger partial charge in [-0.15, -0.1) is 0 Å². The van der Waals surface area contributed by atoms with Crippen molar-refractivity contribution in [1.82, 2.24) is 9.55 Å². The number of benzene rings is 2. The molecule has 0 aliphatic carbocycles. The molecule has 9 heteroatoms. The zero-order valence-electron chi connectivity index (χ0n) is 16.0. The second-order valence-electron chi connectivity index (χ2n) is 6.88. The van der Waals surface area contributed by atoms with E-state index in [1.165, 1.54) is 22.8 Å². The molecule has 0 bridgehead atoms. The number of allylic oxidation sites excluding steroid dienone is 1. The number of hydrogen-bond donors (Lipinski definition) is 2. The minimum atomic E-state index is -0.569. The van der Waals surface area contributed by atoms with Crippen LogP contribution in [0.4, 0.5) is 11.4 Å². The fourth-order valence-corrected chi connectivity index (χ4v) is 3.60. The highest BCUT2D eigenvalue weighted by molar-refractivity contribution is 7.71. The van der Waals surface area contributed by atoms with Gasteiger partial charge in [-0.2, -0.15) is 0 Å². The first-order chi connectivity index (χ1) is 14.3. The Morgan fingerprint density at radius 2 is 1.90 bits per heavy atom. The highest BCUT2D eigenvalue weighted by Crippen LogP contribution is 2.38. The van der Waals surface area contributed by atoms with E-state index in [9.17, 15) is 20.0 Å². The number of aryl methyl sites for hydroxylation is 1. The lowest BCUT2D eigenvalue weighted by molar-refractivity contribution is -0.384. The molecule has 0 amide bonds. The van der Waals surface area contributed by atoms with Gasteiger partial charge in [0.1, 0.15) is 5.56 Å². The predicted molar refractivity (Wildman–Crippen MR) is 117 cm³/mol. The molecule has 150 valence electrons. The molecule has 1 aliphatic heterocycles. The summed E-state index contributed by atoms with van der Waals surface area (Å²) in [5, 5.41) is 22.1. The molecule has 0 fully saturated rings. The van der Waals surface area contributed by atoms with E-state index in [0.717, 1.165) is 5.56 Å². The van der Waals surface area contributed by atoms with Crippen molar-refractivity contribution in [3.63, 3.8) is 0 Å². The molecule has 30 heavy (non-hydrogen) atoms. The van der Waals surface area contributed by atoms with Crippen LogP contribution in [-0.4, -0.2) is 25.3 Å². The number of hydrogen-bond acceptors (Lipinski definition) is 6. The molecule has 0 atom stereocenters. The van der Waals surface area contributed by atoms with Crippen molar-refractivity contribution in [3.05, 3.63) is 84.4 Å². The minimum absolute atomic E-state index is 0.0203.